The molecule has 0 aromatic heterocycles. The number of benzene rings is 1. The molecule has 2 rings (SSSR count). The second-order valence-electron chi connectivity index (χ2n) is 5.59. The average Bonchev–Trinajstić information content (AvgIpc) is 3.08. The van der Waals surface area contributed by atoms with E-state index in [0.29, 0.717) is 12.5 Å². The van der Waals surface area contributed by atoms with E-state index in [0.717, 1.165) is 44.5 Å². The van der Waals surface area contributed by atoms with E-state index < -0.39 is 0 Å². The van der Waals surface area contributed by atoms with Gasteiger partial charge in [-0.15, -0.1) is 24.0 Å². The fraction of sp³-hybridized carbons (Fsp3) is 0.529. The summed E-state index contributed by atoms with van der Waals surface area (Å²) in [6.07, 6.45) is 2.95. The normalized spacial score (nSPS) is 14.2. The number of amides is 1. The summed E-state index contributed by atoms with van der Waals surface area (Å²) in [6, 6.07) is 6.47. The Kier molecular flexibility index (Phi) is 9.66. The molecular weight excluding hydrogens is 422 g/mol. The molecule has 7 heteroatoms. The number of rotatable bonds is 6. The van der Waals surface area contributed by atoms with Crippen molar-refractivity contribution in [2.24, 2.45) is 4.99 Å². The Bertz CT molecular complexity index is 530. The molecule has 1 aliphatic rings. The molecule has 0 bridgehead atoms. The molecule has 1 saturated heterocycles. The molecule has 1 aromatic carbocycles. The van der Waals surface area contributed by atoms with Crippen molar-refractivity contribution < 1.29 is 9.18 Å². The van der Waals surface area contributed by atoms with Gasteiger partial charge in [-0.05, 0) is 43.9 Å². The number of likely N-dealkylation sites (tertiary alicyclic amines) is 1. The first-order valence-electron chi connectivity index (χ1n) is 8.23. The molecule has 1 aromatic rings. The van der Waals surface area contributed by atoms with Gasteiger partial charge in [0, 0.05) is 26.2 Å². The minimum atomic E-state index is -0.225. The summed E-state index contributed by atoms with van der Waals surface area (Å²) in [5.41, 5.74) is 1.06. The van der Waals surface area contributed by atoms with Crippen LogP contribution in [0.4, 0.5) is 4.39 Å². The highest BCUT2D eigenvalue weighted by Crippen LogP contribution is 2.07. The highest BCUT2D eigenvalue weighted by atomic mass is 127. The number of hydrogen-bond acceptors (Lipinski definition) is 2. The van der Waals surface area contributed by atoms with Crippen LogP contribution in [0.5, 0.6) is 0 Å². The van der Waals surface area contributed by atoms with Crippen molar-refractivity contribution in [1.82, 2.24) is 15.5 Å². The molecule has 1 amide bonds. The van der Waals surface area contributed by atoms with Crippen LogP contribution in [0.15, 0.2) is 29.3 Å². The Morgan fingerprint density at radius 1 is 1.21 bits per heavy atom. The first kappa shape index (κ1) is 20.7. The molecule has 24 heavy (non-hydrogen) atoms. The van der Waals surface area contributed by atoms with Gasteiger partial charge in [-0.1, -0.05) is 12.1 Å². The van der Waals surface area contributed by atoms with Crippen molar-refractivity contribution in [1.29, 1.82) is 0 Å². The number of nitrogens with zero attached hydrogens (tertiary/aromatic N) is 2. The molecule has 1 fully saturated rings. The van der Waals surface area contributed by atoms with E-state index in [1.54, 1.807) is 12.1 Å². The van der Waals surface area contributed by atoms with E-state index in [2.05, 4.69) is 15.6 Å². The maximum absolute atomic E-state index is 12.9. The lowest BCUT2D eigenvalue weighted by Gasteiger charge is -2.15. The van der Waals surface area contributed by atoms with Gasteiger partial charge in [0.05, 0.1) is 0 Å². The van der Waals surface area contributed by atoms with Gasteiger partial charge in [0.25, 0.3) is 0 Å². The van der Waals surface area contributed by atoms with E-state index in [4.69, 9.17) is 0 Å². The van der Waals surface area contributed by atoms with Gasteiger partial charge < -0.3 is 15.5 Å². The summed E-state index contributed by atoms with van der Waals surface area (Å²) in [5, 5.41) is 6.34. The number of guanidine groups is 1. The third-order valence-corrected chi connectivity index (χ3v) is 3.79. The van der Waals surface area contributed by atoms with Crippen molar-refractivity contribution in [2.45, 2.75) is 26.2 Å². The van der Waals surface area contributed by atoms with Gasteiger partial charge in [0.15, 0.2) is 5.96 Å². The highest BCUT2D eigenvalue weighted by Gasteiger charge is 2.17. The van der Waals surface area contributed by atoms with E-state index >= 15 is 0 Å². The first-order chi connectivity index (χ1) is 11.2. The number of halogens is 2. The van der Waals surface area contributed by atoms with Crippen LogP contribution in [0, 0.1) is 5.82 Å². The van der Waals surface area contributed by atoms with Crippen molar-refractivity contribution in [3.8, 4) is 0 Å². The standard InChI is InChI=1S/C17H25FN4O.HI/c1-2-19-17(21-13-16(23)22-11-3-4-12-22)20-10-9-14-5-7-15(18)8-6-14;/h5-8H,2-4,9-13H2,1H3,(H2,19,20,21);1H. The predicted octanol–water partition coefficient (Wildman–Crippen LogP) is 2.16. The largest absolute Gasteiger partial charge is 0.357 e. The van der Waals surface area contributed by atoms with Crippen LogP contribution >= 0.6 is 24.0 Å². The summed E-state index contributed by atoms with van der Waals surface area (Å²) in [5.74, 6) is 0.498. The quantitative estimate of drug-likeness (QED) is 0.399. The number of nitrogens with one attached hydrogen (secondary N) is 2. The number of aliphatic imine (C=N–C) groups is 1. The van der Waals surface area contributed by atoms with E-state index in [-0.39, 0.29) is 42.2 Å². The molecule has 0 radical (unpaired) electrons. The molecule has 0 spiro atoms. The van der Waals surface area contributed by atoms with Crippen molar-refractivity contribution in [3.63, 3.8) is 0 Å². The lowest BCUT2D eigenvalue weighted by Crippen LogP contribution is -2.39. The topological polar surface area (TPSA) is 56.7 Å². The van der Waals surface area contributed by atoms with E-state index in [1.807, 2.05) is 11.8 Å². The zero-order valence-electron chi connectivity index (χ0n) is 14.1. The number of hydrogen-bond donors (Lipinski definition) is 2. The third-order valence-electron chi connectivity index (χ3n) is 3.79. The molecular formula is C17H26FIN4O. The Morgan fingerprint density at radius 3 is 2.50 bits per heavy atom. The summed E-state index contributed by atoms with van der Waals surface area (Å²) >= 11 is 0. The fourth-order valence-corrected chi connectivity index (χ4v) is 2.53. The maximum Gasteiger partial charge on any atom is 0.244 e. The van der Waals surface area contributed by atoms with Crippen molar-refractivity contribution >= 4 is 35.8 Å². The first-order valence-corrected chi connectivity index (χ1v) is 8.23. The number of carbonyl (C=O) groups is 1. The molecule has 0 unspecified atom stereocenters. The van der Waals surface area contributed by atoms with Crippen molar-refractivity contribution in [3.05, 3.63) is 35.6 Å². The molecule has 0 aliphatic carbocycles. The fourth-order valence-electron chi connectivity index (χ4n) is 2.53. The van der Waals surface area contributed by atoms with Crippen LogP contribution < -0.4 is 10.6 Å². The second-order valence-corrected chi connectivity index (χ2v) is 5.59. The molecule has 5 nitrogen and oxygen atoms in total. The zero-order valence-corrected chi connectivity index (χ0v) is 16.4. The van der Waals surface area contributed by atoms with Crippen LogP contribution in [-0.4, -0.2) is 49.5 Å². The molecule has 1 aliphatic heterocycles. The second kappa shape index (κ2) is 11.2. The molecule has 0 atom stereocenters. The average molecular weight is 448 g/mol. The SMILES string of the molecule is CCNC(=NCC(=O)N1CCCC1)NCCc1ccc(F)cc1.I. The minimum Gasteiger partial charge on any atom is -0.357 e. The van der Waals surface area contributed by atoms with Gasteiger partial charge in [-0.2, -0.15) is 0 Å². The van der Waals surface area contributed by atoms with Crippen LogP contribution in [0.2, 0.25) is 0 Å². The lowest BCUT2D eigenvalue weighted by atomic mass is 10.1. The molecule has 0 saturated carbocycles. The molecule has 2 N–H and O–H groups in total. The Balaban J connectivity index is 0.00000288. The lowest BCUT2D eigenvalue weighted by molar-refractivity contribution is -0.128. The zero-order chi connectivity index (χ0) is 16.5. The minimum absolute atomic E-state index is 0. The van der Waals surface area contributed by atoms with Gasteiger partial charge in [0.1, 0.15) is 12.4 Å². The predicted molar refractivity (Wildman–Crippen MR) is 105 cm³/mol. The van der Waals surface area contributed by atoms with Gasteiger partial charge in [-0.25, -0.2) is 9.38 Å². The third kappa shape index (κ3) is 7.02. The highest BCUT2D eigenvalue weighted by molar-refractivity contribution is 14.0. The van der Waals surface area contributed by atoms with Crippen LogP contribution in [0.3, 0.4) is 0 Å². The Labute approximate surface area is 160 Å². The number of carbonyl (C=O) groups excluding carboxylic acids is 1. The Morgan fingerprint density at radius 2 is 1.88 bits per heavy atom. The van der Waals surface area contributed by atoms with Crippen LogP contribution in [0.25, 0.3) is 0 Å². The smallest absolute Gasteiger partial charge is 0.244 e. The van der Waals surface area contributed by atoms with Crippen molar-refractivity contribution in [2.75, 3.05) is 32.7 Å². The summed E-state index contributed by atoms with van der Waals surface area (Å²) in [4.78, 5) is 18.2. The van der Waals surface area contributed by atoms with E-state index in [1.165, 1.54) is 12.1 Å². The van der Waals surface area contributed by atoms with Crippen LogP contribution in [-0.2, 0) is 11.2 Å². The van der Waals surface area contributed by atoms with Gasteiger partial charge in [0.2, 0.25) is 5.91 Å². The maximum atomic E-state index is 12.9. The summed E-state index contributed by atoms with van der Waals surface area (Å²) in [6.45, 7) is 5.27. The molecule has 134 valence electrons. The van der Waals surface area contributed by atoms with Gasteiger partial charge in [-0.3, -0.25) is 4.79 Å². The Hall–Kier alpha value is -1.38. The van der Waals surface area contributed by atoms with Gasteiger partial charge >= 0.3 is 0 Å². The van der Waals surface area contributed by atoms with Crippen LogP contribution in [0.1, 0.15) is 25.3 Å². The van der Waals surface area contributed by atoms with E-state index in [9.17, 15) is 9.18 Å². The monoisotopic (exact) mass is 448 g/mol. The summed E-state index contributed by atoms with van der Waals surface area (Å²) < 4.78 is 12.9. The molecule has 1 heterocycles. The summed E-state index contributed by atoms with van der Waals surface area (Å²) in [7, 11) is 0.